The molecule has 0 aliphatic rings. The number of nitro groups is 1. The van der Waals surface area contributed by atoms with Gasteiger partial charge in [-0.2, -0.15) is 4.98 Å². The molecule has 3 rings (SSSR count). The van der Waals surface area contributed by atoms with Crippen molar-refractivity contribution in [2.75, 3.05) is 0 Å². The van der Waals surface area contributed by atoms with Crippen LogP contribution < -0.4 is 10.5 Å². The van der Waals surface area contributed by atoms with Crippen LogP contribution in [0.3, 0.4) is 0 Å². The van der Waals surface area contributed by atoms with Crippen molar-refractivity contribution < 1.29 is 9.66 Å². The summed E-state index contributed by atoms with van der Waals surface area (Å²) < 4.78 is 5.61. The van der Waals surface area contributed by atoms with Crippen molar-refractivity contribution in [2.24, 2.45) is 5.73 Å². The largest absolute Gasteiger partial charge is 0.426 e. The molecule has 0 fully saturated rings. The van der Waals surface area contributed by atoms with E-state index >= 15 is 0 Å². The van der Waals surface area contributed by atoms with Crippen LogP contribution in [0.4, 0.5) is 5.69 Å². The summed E-state index contributed by atoms with van der Waals surface area (Å²) in [6.07, 6.45) is 0. The summed E-state index contributed by atoms with van der Waals surface area (Å²) in [7, 11) is 0. The third-order valence-corrected chi connectivity index (χ3v) is 3.00. The highest BCUT2D eigenvalue weighted by atomic mass is 16.6. The van der Waals surface area contributed by atoms with Gasteiger partial charge in [0.2, 0.25) is 0 Å². The molecule has 2 aromatic carbocycles. The number of aromatic amines is 1. The molecule has 0 bridgehead atoms. The maximum atomic E-state index is 10.7. The first-order valence-electron chi connectivity index (χ1n) is 6.27. The lowest BCUT2D eigenvalue weighted by Gasteiger charge is -2.03. The second kappa shape index (κ2) is 5.22. The second-order valence-corrected chi connectivity index (χ2v) is 4.45. The molecule has 0 amide bonds. The van der Waals surface area contributed by atoms with E-state index in [-0.39, 0.29) is 11.7 Å². The van der Waals surface area contributed by atoms with Gasteiger partial charge in [0.25, 0.3) is 11.7 Å². The van der Waals surface area contributed by atoms with Crippen LogP contribution in [0.5, 0.6) is 11.8 Å². The van der Waals surface area contributed by atoms with Crippen LogP contribution in [0.15, 0.2) is 42.5 Å². The van der Waals surface area contributed by atoms with Crippen LogP contribution in [-0.2, 0) is 6.54 Å². The first kappa shape index (κ1) is 13.1. The van der Waals surface area contributed by atoms with Crippen LogP contribution in [0.1, 0.15) is 5.56 Å². The topological polar surface area (TPSA) is 107 Å². The average Bonchev–Trinajstić information content (AvgIpc) is 2.88. The van der Waals surface area contributed by atoms with Crippen LogP contribution in [0.2, 0.25) is 0 Å². The maximum Gasteiger partial charge on any atom is 0.300 e. The fourth-order valence-corrected chi connectivity index (χ4v) is 1.98. The Kier molecular flexibility index (Phi) is 3.25. The molecule has 0 atom stereocenters. The monoisotopic (exact) mass is 284 g/mol. The number of ether oxygens (including phenoxy) is 1. The lowest BCUT2D eigenvalue weighted by Crippen LogP contribution is -1.96. The van der Waals surface area contributed by atoms with Gasteiger partial charge in [0.1, 0.15) is 5.75 Å². The van der Waals surface area contributed by atoms with Gasteiger partial charge in [0.15, 0.2) is 0 Å². The third kappa shape index (κ3) is 2.67. The molecular weight excluding hydrogens is 272 g/mol. The van der Waals surface area contributed by atoms with E-state index in [0.717, 1.165) is 5.56 Å². The molecule has 7 nitrogen and oxygen atoms in total. The summed E-state index contributed by atoms with van der Waals surface area (Å²) in [5.41, 5.74) is 7.67. The fourth-order valence-electron chi connectivity index (χ4n) is 1.98. The van der Waals surface area contributed by atoms with Crippen LogP contribution in [-0.4, -0.2) is 14.9 Å². The van der Waals surface area contributed by atoms with Gasteiger partial charge in [-0.25, -0.2) is 0 Å². The van der Waals surface area contributed by atoms with E-state index < -0.39 is 4.92 Å². The molecule has 0 aliphatic carbocycles. The number of non-ortho nitro benzene ring substituents is 1. The number of rotatable bonds is 4. The minimum Gasteiger partial charge on any atom is -0.426 e. The van der Waals surface area contributed by atoms with E-state index in [1.807, 2.05) is 18.2 Å². The average molecular weight is 284 g/mol. The molecule has 7 heteroatoms. The zero-order valence-corrected chi connectivity index (χ0v) is 10.9. The number of benzene rings is 2. The lowest BCUT2D eigenvalue weighted by atomic mass is 10.2. The highest BCUT2D eigenvalue weighted by Gasteiger charge is 2.10. The Morgan fingerprint density at radius 1 is 1.29 bits per heavy atom. The third-order valence-electron chi connectivity index (χ3n) is 3.00. The Balaban J connectivity index is 1.92. The first-order chi connectivity index (χ1) is 10.2. The van der Waals surface area contributed by atoms with Gasteiger partial charge in [-0.05, 0) is 23.8 Å². The molecule has 3 aromatic rings. The number of nitrogens with zero attached hydrogens (tertiary/aromatic N) is 2. The summed E-state index contributed by atoms with van der Waals surface area (Å²) >= 11 is 0. The van der Waals surface area contributed by atoms with Gasteiger partial charge in [-0.15, -0.1) is 0 Å². The van der Waals surface area contributed by atoms with Crippen molar-refractivity contribution in [3.05, 3.63) is 58.1 Å². The Morgan fingerprint density at radius 3 is 2.90 bits per heavy atom. The molecule has 0 unspecified atom stereocenters. The Hall–Kier alpha value is -2.93. The second-order valence-electron chi connectivity index (χ2n) is 4.45. The molecule has 0 aliphatic heterocycles. The zero-order chi connectivity index (χ0) is 14.8. The molecule has 1 aromatic heterocycles. The first-order valence-corrected chi connectivity index (χ1v) is 6.27. The van der Waals surface area contributed by atoms with E-state index in [9.17, 15) is 10.1 Å². The van der Waals surface area contributed by atoms with Crippen LogP contribution in [0.25, 0.3) is 11.0 Å². The normalized spacial score (nSPS) is 10.7. The number of hydrogen-bond acceptors (Lipinski definition) is 5. The predicted molar refractivity (Wildman–Crippen MR) is 77.2 cm³/mol. The van der Waals surface area contributed by atoms with E-state index in [4.69, 9.17) is 10.5 Å². The summed E-state index contributed by atoms with van der Waals surface area (Å²) in [5.74, 6) is 0.603. The molecule has 1 heterocycles. The fraction of sp³-hybridized carbons (Fsp3) is 0.0714. The SMILES string of the molecule is NCc1cccc(Oc2nc3ccc([N+](=O)[O-])cc3[nH]2)c1. The summed E-state index contributed by atoms with van der Waals surface area (Å²) in [6.45, 7) is 0.420. The summed E-state index contributed by atoms with van der Waals surface area (Å²) in [5, 5.41) is 10.7. The van der Waals surface area contributed by atoms with Crippen LogP contribution >= 0.6 is 0 Å². The number of imidazole rings is 1. The number of nitrogens with one attached hydrogen (secondary N) is 1. The molecule has 0 saturated carbocycles. The van der Waals surface area contributed by atoms with Crippen molar-refractivity contribution in [1.29, 1.82) is 0 Å². The zero-order valence-electron chi connectivity index (χ0n) is 10.9. The van der Waals surface area contributed by atoms with E-state index in [1.54, 1.807) is 12.1 Å². The van der Waals surface area contributed by atoms with Crippen molar-refractivity contribution >= 4 is 16.7 Å². The summed E-state index contributed by atoms with van der Waals surface area (Å²) in [6, 6.07) is 12.0. The van der Waals surface area contributed by atoms with Crippen molar-refractivity contribution in [2.45, 2.75) is 6.54 Å². The number of aromatic nitrogens is 2. The number of nitrogens with two attached hydrogens (primary N) is 1. The minimum absolute atomic E-state index is 0.00262. The van der Waals surface area contributed by atoms with Crippen LogP contribution in [0, 0.1) is 10.1 Å². The molecule has 21 heavy (non-hydrogen) atoms. The number of H-pyrrole nitrogens is 1. The van der Waals surface area contributed by atoms with Gasteiger partial charge < -0.3 is 15.5 Å². The lowest BCUT2D eigenvalue weighted by molar-refractivity contribution is -0.384. The van der Waals surface area contributed by atoms with Crippen molar-refractivity contribution in [3.8, 4) is 11.8 Å². The molecule has 0 spiro atoms. The highest BCUT2D eigenvalue weighted by molar-refractivity contribution is 5.78. The van der Waals surface area contributed by atoms with Crippen molar-refractivity contribution in [3.63, 3.8) is 0 Å². The van der Waals surface area contributed by atoms with Gasteiger partial charge in [0, 0.05) is 18.7 Å². The minimum atomic E-state index is -0.453. The Morgan fingerprint density at radius 2 is 2.14 bits per heavy atom. The Labute approximate surface area is 119 Å². The van der Waals surface area contributed by atoms with E-state index in [2.05, 4.69) is 9.97 Å². The van der Waals surface area contributed by atoms with E-state index in [0.29, 0.717) is 23.3 Å². The van der Waals surface area contributed by atoms with Gasteiger partial charge in [-0.1, -0.05) is 12.1 Å². The number of nitro benzene ring substituents is 1. The molecule has 3 N–H and O–H groups in total. The number of fused-ring (bicyclic) bond motifs is 1. The predicted octanol–water partition coefficient (Wildman–Crippen LogP) is 2.72. The number of hydrogen-bond donors (Lipinski definition) is 2. The van der Waals surface area contributed by atoms with Gasteiger partial charge in [0.05, 0.1) is 16.0 Å². The van der Waals surface area contributed by atoms with Gasteiger partial charge in [-0.3, -0.25) is 10.1 Å². The molecule has 0 saturated heterocycles. The molecule has 106 valence electrons. The quantitative estimate of drug-likeness (QED) is 0.565. The Bertz CT molecular complexity index is 813. The maximum absolute atomic E-state index is 10.7. The van der Waals surface area contributed by atoms with Crippen molar-refractivity contribution in [1.82, 2.24) is 9.97 Å². The van der Waals surface area contributed by atoms with E-state index in [1.165, 1.54) is 12.1 Å². The standard InChI is InChI=1S/C14H12N4O3/c15-8-9-2-1-3-11(6-9)21-14-16-12-5-4-10(18(19)20)7-13(12)17-14/h1-7H,8,15H2,(H,16,17). The van der Waals surface area contributed by atoms with Gasteiger partial charge >= 0.3 is 0 Å². The smallest absolute Gasteiger partial charge is 0.300 e. The summed E-state index contributed by atoms with van der Waals surface area (Å²) in [4.78, 5) is 17.4. The highest BCUT2D eigenvalue weighted by Crippen LogP contribution is 2.25. The molecule has 0 radical (unpaired) electrons. The molecular formula is C14H12N4O3.